The summed E-state index contributed by atoms with van der Waals surface area (Å²) in [5, 5.41) is 2.47. The molecule has 1 aliphatic heterocycles. The molecular weight excluding hydrogens is 354 g/mol. The lowest BCUT2D eigenvalue weighted by Gasteiger charge is -2.17. The standard InChI is InChI=1S/C19H18F2N4O2/c1-11-6-15-18(19(27)24-5-3-2-4-16(24)23-15)25(11)10-17(26)22-14-8-12(20)7-13(21)9-14/h6-9H,2-5,10H2,1H3,(H,22,26). The minimum absolute atomic E-state index is 0.0267. The normalized spacial score (nSPS) is 13.6. The molecule has 4 rings (SSSR count). The number of hydrogen-bond donors (Lipinski definition) is 1. The zero-order valence-corrected chi connectivity index (χ0v) is 14.8. The summed E-state index contributed by atoms with van der Waals surface area (Å²) in [7, 11) is 0. The number of carbonyl (C=O) groups is 1. The maximum absolute atomic E-state index is 13.3. The Morgan fingerprint density at radius 3 is 2.67 bits per heavy atom. The van der Waals surface area contributed by atoms with Crippen molar-refractivity contribution in [1.82, 2.24) is 14.1 Å². The molecule has 6 nitrogen and oxygen atoms in total. The van der Waals surface area contributed by atoms with Gasteiger partial charge in [0.25, 0.3) is 5.56 Å². The zero-order valence-electron chi connectivity index (χ0n) is 14.8. The molecule has 0 atom stereocenters. The fraction of sp³-hybridized carbons (Fsp3) is 0.316. The molecule has 3 aromatic rings. The Bertz CT molecular complexity index is 1100. The van der Waals surface area contributed by atoms with Gasteiger partial charge in [-0.2, -0.15) is 0 Å². The summed E-state index contributed by atoms with van der Waals surface area (Å²) in [6.45, 7) is 2.26. The van der Waals surface area contributed by atoms with E-state index in [1.807, 2.05) is 0 Å². The number of fused-ring (bicyclic) bond motifs is 2. The van der Waals surface area contributed by atoms with Crippen molar-refractivity contribution in [3.63, 3.8) is 0 Å². The van der Waals surface area contributed by atoms with Crippen molar-refractivity contribution in [2.45, 2.75) is 39.3 Å². The summed E-state index contributed by atoms with van der Waals surface area (Å²) in [6, 6.07) is 4.58. The molecule has 1 aliphatic rings. The van der Waals surface area contributed by atoms with E-state index in [1.54, 1.807) is 22.1 Å². The summed E-state index contributed by atoms with van der Waals surface area (Å²) in [5.41, 5.74) is 1.53. The van der Waals surface area contributed by atoms with E-state index in [0.29, 0.717) is 17.6 Å². The Labute approximate surface area is 153 Å². The smallest absolute Gasteiger partial charge is 0.278 e. The first-order valence-corrected chi connectivity index (χ1v) is 8.78. The summed E-state index contributed by atoms with van der Waals surface area (Å²) in [4.78, 5) is 29.9. The molecule has 0 aliphatic carbocycles. The maximum Gasteiger partial charge on any atom is 0.278 e. The molecule has 0 unspecified atom stereocenters. The minimum Gasteiger partial charge on any atom is -0.330 e. The average Bonchev–Trinajstić information content (AvgIpc) is 2.89. The number of anilines is 1. The number of rotatable bonds is 3. The Morgan fingerprint density at radius 2 is 1.93 bits per heavy atom. The monoisotopic (exact) mass is 372 g/mol. The number of nitrogens with zero attached hydrogens (tertiary/aromatic N) is 3. The molecule has 0 bridgehead atoms. The highest BCUT2D eigenvalue weighted by Gasteiger charge is 2.20. The fourth-order valence-corrected chi connectivity index (χ4v) is 3.56. The molecule has 0 saturated carbocycles. The van der Waals surface area contributed by atoms with Crippen molar-refractivity contribution in [2.75, 3.05) is 5.32 Å². The van der Waals surface area contributed by atoms with Gasteiger partial charge in [0.05, 0.1) is 5.52 Å². The Kier molecular flexibility index (Phi) is 4.25. The molecule has 3 heterocycles. The second kappa shape index (κ2) is 6.61. The van der Waals surface area contributed by atoms with E-state index in [0.717, 1.165) is 49.0 Å². The Morgan fingerprint density at radius 1 is 1.19 bits per heavy atom. The van der Waals surface area contributed by atoms with E-state index in [-0.39, 0.29) is 17.8 Å². The van der Waals surface area contributed by atoms with Gasteiger partial charge in [-0.3, -0.25) is 14.2 Å². The zero-order chi connectivity index (χ0) is 19.1. The van der Waals surface area contributed by atoms with Crippen LogP contribution in [0.3, 0.4) is 0 Å². The van der Waals surface area contributed by atoms with Gasteiger partial charge in [-0.25, -0.2) is 13.8 Å². The Hall–Kier alpha value is -3.03. The third kappa shape index (κ3) is 3.22. The topological polar surface area (TPSA) is 68.9 Å². The van der Waals surface area contributed by atoms with E-state index in [4.69, 9.17) is 0 Å². The number of carbonyl (C=O) groups excluding carboxylic acids is 1. The molecular formula is C19H18F2N4O2. The molecule has 140 valence electrons. The number of amides is 1. The van der Waals surface area contributed by atoms with E-state index < -0.39 is 17.5 Å². The van der Waals surface area contributed by atoms with Gasteiger partial charge in [0.1, 0.15) is 29.5 Å². The third-order valence-electron chi connectivity index (χ3n) is 4.77. The minimum atomic E-state index is -0.776. The fourth-order valence-electron chi connectivity index (χ4n) is 3.56. The van der Waals surface area contributed by atoms with Crippen molar-refractivity contribution >= 4 is 22.6 Å². The van der Waals surface area contributed by atoms with Crippen LogP contribution in [0.2, 0.25) is 0 Å². The quantitative estimate of drug-likeness (QED) is 0.769. The van der Waals surface area contributed by atoms with Crippen LogP contribution >= 0.6 is 0 Å². The van der Waals surface area contributed by atoms with Crippen molar-refractivity contribution in [3.05, 3.63) is 57.8 Å². The number of aryl methyl sites for hydroxylation is 2. The van der Waals surface area contributed by atoms with Gasteiger partial charge in [-0.15, -0.1) is 0 Å². The third-order valence-corrected chi connectivity index (χ3v) is 4.77. The molecule has 1 amide bonds. The van der Waals surface area contributed by atoms with Gasteiger partial charge in [0.15, 0.2) is 0 Å². The first kappa shape index (κ1) is 17.4. The van der Waals surface area contributed by atoms with E-state index in [2.05, 4.69) is 10.3 Å². The van der Waals surface area contributed by atoms with Gasteiger partial charge in [0, 0.05) is 30.4 Å². The summed E-state index contributed by atoms with van der Waals surface area (Å²) in [6.07, 6.45) is 2.69. The van der Waals surface area contributed by atoms with Crippen LogP contribution in [0, 0.1) is 18.6 Å². The number of halogens is 2. The predicted octanol–water partition coefficient (Wildman–Crippen LogP) is 2.76. The van der Waals surface area contributed by atoms with Crippen LogP contribution in [0.15, 0.2) is 29.1 Å². The van der Waals surface area contributed by atoms with Crippen LogP contribution < -0.4 is 10.9 Å². The van der Waals surface area contributed by atoms with Gasteiger partial charge < -0.3 is 9.88 Å². The van der Waals surface area contributed by atoms with Crippen LogP contribution in [0.1, 0.15) is 24.4 Å². The average molecular weight is 372 g/mol. The summed E-state index contributed by atoms with van der Waals surface area (Å²) < 4.78 is 29.8. The highest BCUT2D eigenvalue weighted by atomic mass is 19.1. The summed E-state index contributed by atoms with van der Waals surface area (Å²) >= 11 is 0. The van der Waals surface area contributed by atoms with Gasteiger partial charge in [-0.1, -0.05) is 0 Å². The molecule has 27 heavy (non-hydrogen) atoms. The first-order valence-electron chi connectivity index (χ1n) is 8.78. The molecule has 1 N–H and O–H groups in total. The van der Waals surface area contributed by atoms with Gasteiger partial charge in [-0.05, 0) is 38.0 Å². The number of nitrogens with one attached hydrogen (secondary N) is 1. The van der Waals surface area contributed by atoms with Crippen LogP contribution in [-0.2, 0) is 24.3 Å². The molecule has 0 saturated heterocycles. The van der Waals surface area contributed by atoms with E-state index in [9.17, 15) is 18.4 Å². The highest BCUT2D eigenvalue weighted by molar-refractivity contribution is 5.91. The molecule has 8 heteroatoms. The second-order valence-corrected chi connectivity index (χ2v) is 6.75. The molecule has 0 radical (unpaired) electrons. The van der Waals surface area contributed by atoms with E-state index >= 15 is 0 Å². The second-order valence-electron chi connectivity index (χ2n) is 6.75. The SMILES string of the molecule is Cc1cc2nc3n(c(=O)c2n1CC(=O)Nc1cc(F)cc(F)c1)CCCC3. The molecule has 2 aromatic heterocycles. The number of benzene rings is 1. The lowest BCUT2D eigenvalue weighted by atomic mass is 10.1. The molecule has 0 spiro atoms. The Balaban J connectivity index is 1.68. The lowest BCUT2D eigenvalue weighted by molar-refractivity contribution is -0.116. The number of hydrogen-bond acceptors (Lipinski definition) is 3. The predicted molar refractivity (Wildman–Crippen MR) is 96.7 cm³/mol. The van der Waals surface area contributed by atoms with Gasteiger partial charge in [0.2, 0.25) is 5.91 Å². The van der Waals surface area contributed by atoms with Crippen molar-refractivity contribution in [3.8, 4) is 0 Å². The first-order chi connectivity index (χ1) is 12.9. The van der Waals surface area contributed by atoms with E-state index in [1.165, 1.54) is 0 Å². The largest absolute Gasteiger partial charge is 0.330 e. The van der Waals surface area contributed by atoms with Crippen LogP contribution in [0.4, 0.5) is 14.5 Å². The van der Waals surface area contributed by atoms with Crippen molar-refractivity contribution in [1.29, 1.82) is 0 Å². The highest BCUT2D eigenvalue weighted by Crippen LogP contribution is 2.19. The van der Waals surface area contributed by atoms with Crippen molar-refractivity contribution in [2.24, 2.45) is 0 Å². The number of aromatic nitrogens is 3. The van der Waals surface area contributed by atoms with Gasteiger partial charge >= 0.3 is 0 Å². The van der Waals surface area contributed by atoms with Crippen LogP contribution in [0.25, 0.3) is 11.0 Å². The molecule has 0 fully saturated rings. The van der Waals surface area contributed by atoms with Crippen LogP contribution in [0.5, 0.6) is 0 Å². The van der Waals surface area contributed by atoms with Crippen molar-refractivity contribution < 1.29 is 13.6 Å². The van der Waals surface area contributed by atoms with Crippen LogP contribution in [-0.4, -0.2) is 20.0 Å². The summed E-state index contributed by atoms with van der Waals surface area (Å²) in [5.74, 6) is -1.26. The lowest BCUT2D eigenvalue weighted by Crippen LogP contribution is -2.30. The maximum atomic E-state index is 13.3. The molecule has 1 aromatic carbocycles.